The second-order valence-electron chi connectivity index (χ2n) is 10.8. The van der Waals surface area contributed by atoms with Crippen LogP contribution in [0.2, 0.25) is 0 Å². The number of piperidine rings is 1. The van der Waals surface area contributed by atoms with Gasteiger partial charge in [-0.1, -0.05) is 12.1 Å². The number of fused-ring (bicyclic) bond motifs is 2. The fourth-order valence-corrected chi connectivity index (χ4v) is 7.32. The van der Waals surface area contributed by atoms with Gasteiger partial charge in [0.05, 0.1) is 32.6 Å². The van der Waals surface area contributed by atoms with Crippen molar-refractivity contribution >= 4 is 44.8 Å². The number of nitrogens with one attached hydrogen (secondary N) is 2. The Balaban J connectivity index is 1.21. The largest absolute Gasteiger partial charge is 0.444 e. The third-order valence-electron chi connectivity index (χ3n) is 6.69. The van der Waals surface area contributed by atoms with Crippen molar-refractivity contribution in [3.05, 3.63) is 69.7 Å². The molecule has 0 unspecified atom stereocenters. The molecule has 3 aromatic rings. The van der Waals surface area contributed by atoms with Crippen LogP contribution in [0, 0.1) is 0 Å². The summed E-state index contributed by atoms with van der Waals surface area (Å²) in [5, 5.41) is 6.44. The van der Waals surface area contributed by atoms with Crippen LogP contribution in [-0.4, -0.2) is 54.9 Å². The summed E-state index contributed by atoms with van der Waals surface area (Å²) in [6.07, 6.45) is 3.01. The Bertz CT molecular complexity index is 1580. The van der Waals surface area contributed by atoms with Gasteiger partial charge in [-0.15, -0.1) is 11.3 Å². The number of anilines is 1. The lowest BCUT2D eigenvalue weighted by Gasteiger charge is -2.32. The van der Waals surface area contributed by atoms with Crippen molar-refractivity contribution in [3.8, 4) is 0 Å². The number of hydrogen-bond donors (Lipinski definition) is 2. The SMILES string of the molecule is CC(C)(C)OC(=O)N1CCC(c2ncc(CNC(=O)c3ccc4c(c3)NC(=O)c3ccccc3S4(=O)=O)s2)CC1. The Morgan fingerprint density at radius 1 is 1.12 bits per heavy atom. The summed E-state index contributed by atoms with van der Waals surface area (Å²) in [6.45, 7) is 6.99. The maximum atomic E-state index is 13.2. The number of benzene rings is 2. The lowest BCUT2D eigenvalue weighted by Crippen LogP contribution is -2.41. The molecule has 10 nitrogen and oxygen atoms in total. The summed E-state index contributed by atoms with van der Waals surface area (Å²) in [4.78, 5) is 44.9. The summed E-state index contributed by atoms with van der Waals surface area (Å²) < 4.78 is 31.8. The van der Waals surface area contributed by atoms with E-state index in [1.165, 1.54) is 41.7 Å². The molecule has 0 aliphatic carbocycles. The topological polar surface area (TPSA) is 135 Å². The number of hydrogen-bond acceptors (Lipinski definition) is 8. The monoisotopic (exact) mass is 582 g/mol. The van der Waals surface area contributed by atoms with Crippen molar-refractivity contribution in [2.24, 2.45) is 0 Å². The number of carbonyl (C=O) groups excluding carboxylic acids is 3. The predicted octanol–water partition coefficient (Wildman–Crippen LogP) is 4.59. The fourth-order valence-electron chi connectivity index (χ4n) is 4.70. The zero-order chi connectivity index (χ0) is 28.7. The molecule has 12 heteroatoms. The van der Waals surface area contributed by atoms with Gasteiger partial charge in [-0.05, 0) is 63.9 Å². The number of sulfone groups is 1. The molecule has 3 amide bonds. The number of nitrogens with zero attached hydrogens (tertiary/aromatic N) is 2. The summed E-state index contributed by atoms with van der Waals surface area (Å²) in [5.41, 5.74) is -0.189. The predicted molar refractivity (Wildman–Crippen MR) is 149 cm³/mol. The molecular weight excluding hydrogens is 552 g/mol. The highest BCUT2D eigenvalue weighted by molar-refractivity contribution is 7.91. The molecule has 2 aliphatic heterocycles. The van der Waals surface area contributed by atoms with Crippen molar-refractivity contribution in [2.75, 3.05) is 18.4 Å². The van der Waals surface area contributed by atoms with E-state index in [1.54, 1.807) is 23.2 Å². The minimum absolute atomic E-state index is 0.0567. The molecule has 3 heterocycles. The average Bonchev–Trinajstić information content (AvgIpc) is 3.37. The summed E-state index contributed by atoms with van der Waals surface area (Å²) in [5.74, 6) is -0.728. The first-order chi connectivity index (χ1) is 18.9. The van der Waals surface area contributed by atoms with Gasteiger partial charge in [-0.25, -0.2) is 18.2 Å². The standard InChI is InChI=1S/C28H30N4O6S2/c1-28(2,3)38-27(35)32-12-10-17(11-13-32)26-30-16-19(39-26)15-29-24(33)18-8-9-23-21(14-18)31-25(34)20-6-4-5-7-22(20)40(23,36)37/h4-9,14,16-17H,10-13,15H2,1-3H3,(H,29,33)(H,31,34). The smallest absolute Gasteiger partial charge is 0.410 e. The molecule has 0 atom stereocenters. The zero-order valence-electron chi connectivity index (χ0n) is 22.4. The van der Waals surface area contributed by atoms with E-state index in [9.17, 15) is 22.8 Å². The molecule has 40 heavy (non-hydrogen) atoms. The summed E-state index contributed by atoms with van der Waals surface area (Å²) in [7, 11) is -3.94. The Morgan fingerprint density at radius 2 is 1.85 bits per heavy atom. The molecule has 210 valence electrons. The van der Waals surface area contributed by atoms with Crippen LogP contribution < -0.4 is 10.6 Å². The highest BCUT2D eigenvalue weighted by Crippen LogP contribution is 2.34. The number of rotatable bonds is 4. The van der Waals surface area contributed by atoms with Gasteiger partial charge in [0.2, 0.25) is 9.84 Å². The van der Waals surface area contributed by atoms with Crippen LogP contribution in [0.15, 0.2) is 58.5 Å². The fraction of sp³-hybridized carbons (Fsp3) is 0.357. The number of likely N-dealkylation sites (tertiary alicyclic amines) is 1. The van der Waals surface area contributed by atoms with Crippen LogP contribution in [0.1, 0.15) is 70.1 Å². The van der Waals surface area contributed by atoms with E-state index in [-0.39, 0.29) is 45.2 Å². The maximum Gasteiger partial charge on any atom is 0.410 e. The van der Waals surface area contributed by atoms with Crippen LogP contribution >= 0.6 is 11.3 Å². The van der Waals surface area contributed by atoms with Crippen LogP contribution in [-0.2, 0) is 21.1 Å². The Hall–Kier alpha value is -3.77. The van der Waals surface area contributed by atoms with Crippen LogP contribution in [0.3, 0.4) is 0 Å². The van der Waals surface area contributed by atoms with E-state index in [0.29, 0.717) is 13.1 Å². The number of amides is 3. The first-order valence-electron chi connectivity index (χ1n) is 12.9. The van der Waals surface area contributed by atoms with Gasteiger partial charge in [0, 0.05) is 35.6 Å². The molecule has 1 saturated heterocycles. The van der Waals surface area contributed by atoms with Crippen molar-refractivity contribution in [2.45, 2.75) is 61.5 Å². The summed E-state index contributed by atoms with van der Waals surface area (Å²) >= 11 is 1.52. The van der Waals surface area contributed by atoms with Crippen LogP contribution in [0.5, 0.6) is 0 Å². The van der Waals surface area contributed by atoms with Crippen molar-refractivity contribution in [1.29, 1.82) is 0 Å². The van der Waals surface area contributed by atoms with Gasteiger partial charge < -0.3 is 20.3 Å². The second-order valence-corrected chi connectivity index (χ2v) is 13.8. The molecule has 5 rings (SSSR count). The zero-order valence-corrected chi connectivity index (χ0v) is 24.0. The van der Waals surface area contributed by atoms with Crippen molar-refractivity contribution in [1.82, 2.24) is 15.2 Å². The van der Waals surface area contributed by atoms with Crippen LogP contribution in [0.25, 0.3) is 0 Å². The second kappa shape index (κ2) is 10.7. The average molecular weight is 583 g/mol. The summed E-state index contributed by atoms with van der Waals surface area (Å²) in [6, 6.07) is 10.2. The number of aromatic nitrogens is 1. The van der Waals surface area contributed by atoms with E-state index in [2.05, 4.69) is 15.6 Å². The van der Waals surface area contributed by atoms with Crippen molar-refractivity contribution in [3.63, 3.8) is 0 Å². The molecule has 2 N–H and O–H groups in total. The Morgan fingerprint density at radius 3 is 2.58 bits per heavy atom. The maximum absolute atomic E-state index is 13.2. The van der Waals surface area contributed by atoms with Gasteiger partial charge >= 0.3 is 6.09 Å². The van der Waals surface area contributed by atoms with E-state index >= 15 is 0 Å². The molecule has 1 aromatic heterocycles. The normalized spacial score (nSPS) is 16.8. The molecule has 0 bridgehead atoms. The van der Waals surface area contributed by atoms with Gasteiger partial charge in [0.15, 0.2) is 0 Å². The highest BCUT2D eigenvalue weighted by atomic mass is 32.2. The van der Waals surface area contributed by atoms with Crippen molar-refractivity contribution < 1.29 is 27.5 Å². The quantitative estimate of drug-likeness (QED) is 0.460. The van der Waals surface area contributed by atoms with E-state index in [1.807, 2.05) is 20.8 Å². The third-order valence-corrected chi connectivity index (χ3v) is 9.72. The Labute approximate surface area is 236 Å². The first-order valence-corrected chi connectivity index (χ1v) is 15.2. The molecule has 2 aromatic carbocycles. The minimum Gasteiger partial charge on any atom is -0.444 e. The highest BCUT2D eigenvalue weighted by Gasteiger charge is 2.32. The Kier molecular flexibility index (Phi) is 7.40. The molecule has 0 saturated carbocycles. The first kappa shape index (κ1) is 27.8. The lowest BCUT2D eigenvalue weighted by atomic mass is 9.98. The molecule has 2 aliphatic rings. The van der Waals surface area contributed by atoms with Gasteiger partial charge in [-0.3, -0.25) is 9.59 Å². The van der Waals surface area contributed by atoms with E-state index in [0.717, 1.165) is 22.7 Å². The van der Waals surface area contributed by atoms with E-state index < -0.39 is 27.3 Å². The third kappa shape index (κ3) is 5.73. The lowest BCUT2D eigenvalue weighted by molar-refractivity contribution is 0.0204. The number of thiazole rings is 1. The number of ether oxygens (including phenoxy) is 1. The van der Waals surface area contributed by atoms with E-state index in [4.69, 9.17) is 4.74 Å². The molecular formula is C28H30N4O6S2. The molecule has 0 spiro atoms. The van der Waals surface area contributed by atoms with Gasteiger partial charge in [-0.2, -0.15) is 0 Å². The van der Waals surface area contributed by atoms with Gasteiger partial charge in [0.25, 0.3) is 11.8 Å². The number of carbonyl (C=O) groups is 3. The van der Waals surface area contributed by atoms with Crippen LogP contribution in [0.4, 0.5) is 10.5 Å². The minimum atomic E-state index is -3.94. The van der Waals surface area contributed by atoms with Gasteiger partial charge in [0.1, 0.15) is 5.60 Å². The molecule has 1 fully saturated rings. The molecule has 0 radical (unpaired) electrons.